The van der Waals surface area contributed by atoms with Gasteiger partial charge in [-0.15, -0.1) is 0 Å². The topological polar surface area (TPSA) is 142 Å². The van der Waals surface area contributed by atoms with Crippen molar-refractivity contribution in [3.05, 3.63) is 0 Å². The smallest absolute Gasteiger partial charge is 2.00 e. The summed E-state index contributed by atoms with van der Waals surface area (Å²) in [6.07, 6.45) is 0. The third-order valence-corrected chi connectivity index (χ3v) is 0. The minimum absolute atomic E-state index is 0. The zero-order valence-corrected chi connectivity index (χ0v) is 14.6. The standard InChI is InChI=1S/2Ce.2K.2Nb.5O.2H/q;;;;2*+5;5*-2;;. The number of rotatable bonds is 0. The molecule has 0 aliphatic rings. The van der Waals surface area contributed by atoms with Crippen LogP contribution in [0.3, 0.4) is 0 Å². The molecule has 0 aromatic carbocycles. The van der Waals surface area contributed by atoms with Crippen molar-refractivity contribution >= 4 is 103 Å². The van der Waals surface area contributed by atoms with Crippen molar-refractivity contribution in [3.8, 4) is 0 Å². The van der Waals surface area contributed by atoms with Crippen molar-refractivity contribution in [2.24, 2.45) is 0 Å². The van der Waals surface area contributed by atoms with Gasteiger partial charge in [-0.2, -0.15) is 0 Å². The van der Waals surface area contributed by atoms with Crippen LogP contribution in [0.15, 0.2) is 0 Å². The van der Waals surface area contributed by atoms with Gasteiger partial charge in [-0.3, -0.25) is 0 Å². The fourth-order valence-electron chi connectivity index (χ4n) is 0. The van der Waals surface area contributed by atoms with Crippen LogP contribution in [0.25, 0.3) is 0 Å². The second-order valence-electron chi connectivity index (χ2n) is 0. The van der Waals surface area contributed by atoms with Gasteiger partial charge in [0.05, 0.1) is 0 Å². The minimum Gasteiger partial charge on any atom is -2.00 e. The first-order valence-corrected chi connectivity index (χ1v) is 0. The summed E-state index contributed by atoms with van der Waals surface area (Å²) in [4.78, 5) is 0. The van der Waals surface area contributed by atoms with E-state index in [0.29, 0.717) is 0 Å². The summed E-state index contributed by atoms with van der Waals surface area (Å²) < 4.78 is 0. The Morgan fingerprint density at radius 3 is 0.364 bits per heavy atom. The molecular weight excluding hydrogens is 624 g/mol. The molecule has 0 aromatic heterocycles. The Morgan fingerprint density at radius 2 is 0.364 bits per heavy atom. The molecule has 0 rings (SSSR count). The molecule has 0 fully saturated rings. The summed E-state index contributed by atoms with van der Waals surface area (Å²) in [6, 6.07) is 0. The molecule has 0 aliphatic heterocycles. The quantitative estimate of drug-likeness (QED) is 0.278. The van der Waals surface area contributed by atoms with E-state index in [1.807, 2.05) is 0 Å². The van der Waals surface area contributed by atoms with Gasteiger partial charge < -0.3 is 27.4 Å². The maximum absolute atomic E-state index is 0. The van der Waals surface area contributed by atoms with Crippen LogP contribution in [-0.2, 0) is 72.1 Å². The van der Waals surface area contributed by atoms with Crippen molar-refractivity contribution in [2.75, 3.05) is 0 Å². The molecule has 0 unspecified atom stereocenters. The molecule has 0 bridgehead atoms. The Labute approximate surface area is 250 Å². The summed E-state index contributed by atoms with van der Waals surface area (Å²) >= 11 is 0. The second-order valence-corrected chi connectivity index (χ2v) is 0. The van der Waals surface area contributed by atoms with E-state index in [2.05, 4.69) is 0 Å². The summed E-state index contributed by atoms with van der Waals surface area (Å²) in [5.74, 6) is 0. The van der Waals surface area contributed by atoms with Crippen molar-refractivity contribution in [1.82, 2.24) is 0 Å². The summed E-state index contributed by atoms with van der Waals surface area (Å²) in [6.45, 7) is 0. The van der Waals surface area contributed by atoms with Crippen LogP contribution in [0.5, 0.6) is 0 Å². The van der Waals surface area contributed by atoms with Gasteiger partial charge in [0, 0.05) is 83.5 Å². The molecule has 0 heterocycles. The molecule has 0 saturated carbocycles. The van der Waals surface area contributed by atoms with Crippen LogP contribution in [0.1, 0.15) is 0 Å². The van der Waals surface area contributed by atoms with Gasteiger partial charge >= 0.3 is 148 Å². The molecule has 0 saturated heterocycles. The van der Waals surface area contributed by atoms with Gasteiger partial charge in [-0.05, 0) is 0 Å². The molecule has 52 valence electrons. The molecule has 0 spiro atoms. The molecule has 11 heteroatoms. The molecule has 0 amide bonds. The predicted molar refractivity (Wildman–Crippen MR) is 17.7 cm³/mol. The van der Waals surface area contributed by atoms with Gasteiger partial charge in [0.1, 0.15) is 0 Å². The largest absolute Gasteiger partial charge is 5.00 e. The third-order valence-electron chi connectivity index (χ3n) is 0. The molecule has 0 aromatic rings. The predicted octanol–water partition coefficient (Wildman–Crippen LogP) is -1.90. The Morgan fingerprint density at radius 1 is 0.364 bits per heavy atom. The minimum atomic E-state index is 0. The maximum Gasteiger partial charge on any atom is 5.00 e. The Bertz CT molecular complexity index is 20.4. The molecule has 11 heavy (non-hydrogen) atoms. The normalized spacial score (nSPS) is 0. The van der Waals surface area contributed by atoms with E-state index >= 15 is 0 Å². The Hall–Kier alpha value is 7.31. The van der Waals surface area contributed by atoms with E-state index < -0.39 is 0 Å². The van der Waals surface area contributed by atoms with E-state index in [-0.39, 0.29) is 258 Å². The van der Waals surface area contributed by atoms with Crippen molar-refractivity contribution in [1.29, 1.82) is 0 Å². The van der Waals surface area contributed by atoms with Crippen LogP contribution in [0, 0.1) is 83.5 Å². The maximum atomic E-state index is 0. The summed E-state index contributed by atoms with van der Waals surface area (Å²) in [5.41, 5.74) is 0. The van der Waals surface area contributed by atoms with Gasteiger partial charge in [0.25, 0.3) is 0 Å². The van der Waals surface area contributed by atoms with Crippen LogP contribution in [0.4, 0.5) is 0 Å². The molecule has 5 nitrogen and oxygen atoms in total. The number of hydrogen-bond acceptors (Lipinski definition) is 0. The molecule has 0 atom stereocenters. The van der Waals surface area contributed by atoms with Gasteiger partial charge in [-0.25, -0.2) is 0 Å². The molecule has 0 radical (unpaired) electrons. The van der Waals surface area contributed by atoms with Crippen LogP contribution in [0.2, 0.25) is 0 Å². The zero-order chi connectivity index (χ0) is 0. The third kappa shape index (κ3) is 76.0. The van der Waals surface area contributed by atoms with Crippen LogP contribution >= 0.6 is 0 Å². The number of hydrogen-bond donors (Lipinski definition) is 0. The van der Waals surface area contributed by atoms with Gasteiger partial charge in [-0.1, -0.05) is 0 Å². The monoisotopic (exact) mass is 626 g/mol. The summed E-state index contributed by atoms with van der Waals surface area (Å²) in [7, 11) is 0. The van der Waals surface area contributed by atoms with E-state index in [0.717, 1.165) is 0 Å². The fourth-order valence-corrected chi connectivity index (χ4v) is 0. The summed E-state index contributed by atoms with van der Waals surface area (Å²) in [5, 5.41) is 0. The Kier molecular flexibility index (Phi) is 805. The average Bonchev–Trinajstić information content (AvgIpc) is 0. The molecular formula is H2Ce2K2Nb2O5. The van der Waals surface area contributed by atoms with E-state index in [1.54, 1.807) is 0 Å². The van der Waals surface area contributed by atoms with Gasteiger partial charge in [0.2, 0.25) is 0 Å². The molecule has 0 N–H and O–H groups in total. The first kappa shape index (κ1) is 103. The van der Waals surface area contributed by atoms with E-state index in [9.17, 15) is 0 Å². The average molecular weight is 626 g/mol. The molecule has 0 aliphatic carbocycles. The Balaban J connectivity index is 0. The van der Waals surface area contributed by atoms with Gasteiger partial charge in [0.15, 0.2) is 0 Å². The zero-order valence-electron chi connectivity index (χ0n) is 3.94. The van der Waals surface area contributed by atoms with Crippen LogP contribution in [-0.4, -0.2) is 103 Å². The first-order valence-electron chi connectivity index (χ1n) is 0. The van der Waals surface area contributed by atoms with E-state index in [4.69, 9.17) is 0 Å². The SMILES string of the molecule is [Ce].[Ce].[KH].[KH].[Nb+5].[Nb+5].[O-2].[O-2].[O-2].[O-2].[O-2]. The van der Waals surface area contributed by atoms with Crippen molar-refractivity contribution in [3.63, 3.8) is 0 Å². The van der Waals surface area contributed by atoms with E-state index in [1.165, 1.54) is 0 Å². The second kappa shape index (κ2) is 86.2. The van der Waals surface area contributed by atoms with Crippen molar-refractivity contribution in [2.45, 2.75) is 0 Å². The first-order chi connectivity index (χ1) is 0. The fraction of sp³-hybridized carbons (Fsp3) is 0. The van der Waals surface area contributed by atoms with Crippen LogP contribution < -0.4 is 0 Å². The van der Waals surface area contributed by atoms with Crippen molar-refractivity contribution < 1.29 is 156 Å².